The van der Waals surface area contributed by atoms with Crippen molar-refractivity contribution in [3.63, 3.8) is 0 Å². The molecule has 2 atom stereocenters. The van der Waals surface area contributed by atoms with Gasteiger partial charge in [-0.25, -0.2) is 0 Å². The van der Waals surface area contributed by atoms with E-state index in [1.54, 1.807) is 0 Å². The van der Waals surface area contributed by atoms with E-state index in [0.717, 1.165) is 19.5 Å². The van der Waals surface area contributed by atoms with Crippen LogP contribution in [0.2, 0.25) is 0 Å². The molecule has 1 amide bonds. The molecule has 1 aliphatic heterocycles. The molecule has 2 rings (SSSR count). The summed E-state index contributed by atoms with van der Waals surface area (Å²) >= 11 is 0. The van der Waals surface area contributed by atoms with E-state index < -0.39 is 6.10 Å². The van der Waals surface area contributed by atoms with Crippen LogP contribution in [0.5, 0.6) is 0 Å². The predicted molar refractivity (Wildman–Crippen MR) is 88.3 cm³/mol. The van der Waals surface area contributed by atoms with Crippen molar-refractivity contribution < 1.29 is 9.90 Å². The van der Waals surface area contributed by atoms with E-state index in [1.165, 1.54) is 12.0 Å². The number of rotatable bonds is 7. The van der Waals surface area contributed by atoms with Crippen LogP contribution in [0.3, 0.4) is 0 Å². The van der Waals surface area contributed by atoms with Gasteiger partial charge in [-0.15, -0.1) is 0 Å². The number of carbonyl (C=O) groups excluding carboxylic acids is 1. The van der Waals surface area contributed by atoms with Gasteiger partial charge in [-0.2, -0.15) is 0 Å². The second-order valence-corrected chi connectivity index (χ2v) is 6.57. The molecular weight excluding hydrogens is 276 g/mol. The minimum Gasteiger partial charge on any atom is -0.392 e. The van der Waals surface area contributed by atoms with Crippen LogP contribution in [0, 0.1) is 5.92 Å². The normalized spacial score (nSPS) is 20.3. The first-order valence-electron chi connectivity index (χ1n) is 8.29. The molecule has 2 N–H and O–H groups in total. The summed E-state index contributed by atoms with van der Waals surface area (Å²) in [6, 6.07) is 10.9. The minimum absolute atomic E-state index is 0.0484. The number of nitrogens with zero attached hydrogens (tertiary/aromatic N) is 1. The molecule has 0 aliphatic carbocycles. The quantitative estimate of drug-likeness (QED) is 0.812. The molecule has 2 unspecified atom stereocenters. The highest BCUT2D eigenvalue weighted by atomic mass is 16.3. The van der Waals surface area contributed by atoms with Crippen LogP contribution >= 0.6 is 0 Å². The molecule has 0 aromatic heterocycles. The lowest BCUT2D eigenvalue weighted by Crippen LogP contribution is -2.40. The Morgan fingerprint density at radius 1 is 1.36 bits per heavy atom. The van der Waals surface area contributed by atoms with Crippen LogP contribution < -0.4 is 5.32 Å². The van der Waals surface area contributed by atoms with E-state index in [0.29, 0.717) is 12.6 Å². The van der Waals surface area contributed by atoms with E-state index >= 15 is 0 Å². The number of amides is 1. The van der Waals surface area contributed by atoms with Gasteiger partial charge in [0.05, 0.1) is 12.5 Å². The number of aliphatic hydroxyl groups excluding tert-OH is 1. The summed E-state index contributed by atoms with van der Waals surface area (Å²) < 4.78 is 0. The third-order valence-corrected chi connectivity index (χ3v) is 4.43. The SMILES string of the molecule is CC(C)C(O)CC(=O)NCC1CCCN1Cc1ccccc1. The number of benzene rings is 1. The van der Waals surface area contributed by atoms with E-state index in [2.05, 4.69) is 34.5 Å². The highest BCUT2D eigenvalue weighted by molar-refractivity contribution is 5.76. The number of likely N-dealkylation sites (tertiary alicyclic amines) is 1. The molecule has 0 saturated carbocycles. The number of carbonyl (C=O) groups is 1. The van der Waals surface area contributed by atoms with E-state index in [-0.39, 0.29) is 18.2 Å². The molecule has 0 radical (unpaired) electrons. The Morgan fingerprint density at radius 2 is 2.09 bits per heavy atom. The Kier molecular flexibility index (Phi) is 6.40. The number of aliphatic hydroxyl groups is 1. The molecule has 0 bridgehead atoms. The first kappa shape index (κ1) is 17.0. The Labute approximate surface area is 133 Å². The topological polar surface area (TPSA) is 52.6 Å². The maximum absolute atomic E-state index is 11.9. The highest BCUT2D eigenvalue weighted by Gasteiger charge is 2.25. The maximum atomic E-state index is 11.9. The largest absolute Gasteiger partial charge is 0.392 e. The van der Waals surface area contributed by atoms with Gasteiger partial charge in [0.1, 0.15) is 0 Å². The summed E-state index contributed by atoms with van der Waals surface area (Å²) in [7, 11) is 0. The molecule has 4 nitrogen and oxygen atoms in total. The van der Waals surface area contributed by atoms with Crippen molar-refractivity contribution in [1.82, 2.24) is 10.2 Å². The molecular formula is C18H28N2O2. The molecule has 1 aromatic carbocycles. The van der Waals surface area contributed by atoms with Gasteiger partial charge < -0.3 is 10.4 Å². The van der Waals surface area contributed by atoms with E-state index in [1.807, 2.05) is 19.9 Å². The molecule has 1 heterocycles. The molecule has 122 valence electrons. The zero-order valence-electron chi connectivity index (χ0n) is 13.7. The fraction of sp³-hybridized carbons (Fsp3) is 0.611. The Hall–Kier alpha value is -1.39. The standard InChI is InChI=1S/C18H28N2O2/c1-14(2)17(21)11-18(22)19-12-16-9-6-10-20(16)13-15-7-4-3-5-8-15/h3-5,7-8,14,16-17,21H,6,9-13H2,1-2H3,(H,19,22). The molecule has 1 saturated heterocycles. The van der Waals surface area contributed by atoms with Crippen LogP contribution in [0.15, 0.2) is 30.3 Å². The van der Waals surface area contributed by atoms with Gasteiger partial charge >= 0.3 is 0 Å². The van der Waals surface area contributed by atoms with Gasteiger partial charge in [0.15, 0.2) is 0 Å². The zero-order chi connectivity index (χ0) is 15.9. The lowest BCUT2D eigenvalue weighted by atomic mass is 10.0. The fourth-order valence-electron chi connectivity index (χ4n) is 2.88. The Balaban J connectivity index is 1.78. The number of hydrogen-bond acceptors (Lipinski definition) is 3. The van der Waals surface area contributed by atoms with Crippen molar-refractivity contribution in [2.24, 2.45) is 5.92 Å². The van der Waals surface area contributed by atoms with E-state index in [4.69, 9.17) is 0 Å². The maximum Gasteiger partial charge on any atom is 0.222 e. The summed E-state index contributed by atoms with van der Waals surface area (Å²) in [6.45, 7) is 6.56. The van der Waals surface area contributed by atoms with Crippen molar-refractivity contribution >= 4 is 5.91 Å². The Bertz CT molecular complexity index is 461. The second-order valence-electron chi connectivity index (χ2n) is 6.57. The van der Waals surface area contributed by atoms with E-state index in [9.17, 15) is 9.90 Å². The van der Waals surface area contributed by atoms with Crippen LogP contribution in [0.25, 0.3) is 0 Å². The summed E-state index contributed by atoms with van der Waals surface area (Å²) in [5.41, 5.74) is 1.32. The molecule has 4 heteroatoms. The zero-order valence-corrected chi connectivity index (χ0v) is 13.7. The number of nitrogens with one attached hydrogen (secondary N) is 1. The molecule has 1 aliphatic rings. The molecule has 0 spiro atoms. The molecule has 1 aromatic rings. The van der Waals surface area contributed by atoms with Crippen LogP contribution in [-0.2, 0) is 11.3 Å². The lowest BCUT2D eigenvalue weighted by Gasteiger charge is -2.25. The van der Waals surface area contributed by atoms with Gasteiger partial charge in [-0.3, -0.25) is 9.69 Å². The van der Waals surface area contributed by atoms with Crippen molar-refractivity contribution in [1.29, 1.82) is 0 Å². The summed E-state index contributed by atoms with van der Waals surface area (Å²) in [5, 5.41) is 12.7. The van der Waals surface area contributed by atoms with Crippen molar-refractivity contribution in [3.05, 3.63) is 35.9 Å². The second kappa shape index (κ2) is 8.30. The lowest BCUT2D eigenvalue weighted by molar-refractivity contribution is -0.123. The van der Waals surface area contributed by atoms with Gasteiger partial charge in [0.25, 0.3) is 0 Å². The average molecular weight is 304 g/mol. The van der Waals surface area contributed by atoms with Crippen LogP contribution in [0.4, 0.5) is 0 Å². The third kappa shape index (κ3) is 5.11. The van der Waals surface area contributed by atoms with Crippen molar-refractivity contribution in [2.45, 2.75) is 51.8 Å². The van der Waals surface area contributed by atoms with Gasteiger partial charge in [0, 0.05) is 19.1 Å². The third-order valence-electron chi connectivity index (χ3n) is 4.43. The summed E-state index contributed by atoms with van der Waals surface area (Å²) in [4.78, 5) is 14.3. The monoisotopic (exact) mass is 304 g/mol. The summed E-state index contributed by atoms with van der Waals surface area (Å²) in [6.07, 6.45) is 1.95. The highest BCUT2D eigenvalue weighted by Crippen LogP contribution is 2.19. The fourth-order valence-corrected chi connectivity index (χ4v) is 2.88. The van der Waals surface area contributed by atoms with Gasteiger partial charge in [-0.05, 0) is 30.9 Å². The molecule has 1 fully saturated rings. The number of hydrogen-bond donors (Lipinski definition) is 2. The molecule has 22 heavy (non-hydrogen) atoms. The minimum atomic E-state index is -0.552. The van der Waals surface area contributed by atoms with Crippen LogP contribution in [-0.4, -0.2) is 41.1 Å². The predicted octanol–water partition coefficient (Wildman–Crippen LogP) is 2.17. The smallest absolute Gasteiger partial charge is 0.222 e. The summed E-state index contributed by atoms with van der Waals surface area (Å²) in [5.74, 6) is 0.0690. The first-order chi connectivity index (χ1) is 10.6. The first-order valence-corrected chi connectivity index (χ1v) is 8.29. The Morgan fingerprint density at radius 3 is 2.77 bits per heavy atom. The van der Waals surface area contributed by atoms with Gasteiger partial charge in [-0.1, -0.05) is 44.2 Å². The van der Waals surface area contributed by atoms with Crippen molar-refractivity contribution in [2.75, 3.05) is 13.1 Å². The van der Waals surface area contributed by atoms with Crippen LogP contribution in [0.1, 0.15) is 38.7 Å². The average Bonchev–Trinajstić information content (AvgIpc) is 2.93. The van der Waals surface area contributed by atoms with Crippen molar-refractivity contribution in [3.8, 4) is 0 Å². The van der Waals surface area contributed by atoms with Gasteiger partial charge in [0.2, 0.25) is 5.91 Å².